The summed E-state index contributed by atoms with van der Waals surface area (Å²) in [6, 6.07) is 17.3. The predicted octanol–water partition coefficient (Wildman–Crippen LogP) is 4.00. The number of aromatic nitrogens is 2. The predicted molar refractivity (Wildman–Crippen MR) is 124 cm³/mol. The van der Waals surface area contributed by atoms with E-state index in [9.17, 15) is 14.7 Å². The maximum atomic E-state index is 12.4. The average molecular weight is 445 g/mol. The lowest BCUT2D eigenvalue weighted by Gasteiger charge is -2.18. The van der Waals surface area contributed by atoms with E-state index < -0.39 is 17.8 Å². The van der Waals surface area contributed by atoms with Crippen molar-refractivity contribution in [2.24, 2.45) is 5.73 Å². The Hall–Kier alpha value is -4.17. The summed E-state index contributed by atoms with van der Waals surface area (Å²) in [4.78, 5) is 24.6. The van der Waals surface area contributed by atoms with Gasteiger partial charge >= 0.3 is 5.97 Å². The number of hydrogen-bond donors (Lipinski definition) is 2. The van der Waals surface area contributed by atoms with E-state index in [-0.39, 0.29) is 11.3 Å². The van der Waals surface area contributed by atoms with E-state index in [1.807, 2.05) is 42.5 Å². The quantitative estimate of drug-likeness (QED) is 0.442. The third-order valence-corrected chi connectivity index (χ3v) is 5.53. The van der Waals surface area contributed by atoms with Gasteiger partial charge in [0.2, 0.25) is 0 Å². The Morgan fingerprint density at radius 1 is 0.970 bits per heavy atom. The minimum atomic E-state index is -1.30. The standard InChI is InChI=1S/C25H23N3O5/c1-14(29)22(26)21-23(25(30)31)27-28(17-11-6-9-15-8-4-5-10-16(15)17)24(21)20-18(32-2)12-7-13-19(20)33-3/h4-13,22H,26H2,1-3H3,(H,30,31). The van der Waals surface area contributed by atoms with Gasteiger partial charge in [-0.1, -0.05) is 42.5 Å². The van der Waals surface area contributed by atoms with Gasteiger partial charge in [-0.25, -0.2) is 9.48 Å². The zero-order valence-corrected chi connectivity index (χ0v) is 18.4. The molecule has 0 bridgehead atoms. The first-order valence-electron chi connectivity index (χ1n) is 10.2. The van der Waals surface area contributed by atoms with E-state index in [0.717, 1.165) is 10.8 Å². The van der Waals surface area contributed by atoms with E-state index in [1.165, 1.54) is 25.8 Å². The van der Waals surface area contributed by atoms with Crippen LogP contribution in [0.2, 0.25) is 0 Å². The summed E-state index contributed by atoms with van der Waals surface area (Å²) in [7, 11) is 3.00. The minimum Gasteiger partial charge on any atom is -0.496 e. The molecule has 0 fully saturated rings. The van der Waals surface area contributed by atoms with E-state index in [2.05, 4.69) is 5.10 Å². The van der Waals surface area contributed by atoms with Crippen LogP contribution in [0.4, 0.5) is 0 Å². The first kappa shape index (κ1) is 22.0. The molecule has 0 spiro atoms. The lowest BCUT2D eigenvalue weighted by atomic mass is 9.96. The lowest BCUT2D eigenvalue weighted by molar-refractivity contribution is -0.118. The fraction of sp³-hybridized carbons (Fsp3) is 0.160. The number of benzene rings is 3. The van der Waals surface area contributed by atoms with Crippen LogP contribution in [0.5, 0.6) is 11.5 Å². The van der Waals surface area contributed by atoms with Gasteiger partial charge in [-0.05, 0) is 30.5 Å². The molecule has 8 heteroatoms. The number of carboxylic acids is 1. The van der Waals surface area contributed by atoms with Crippen molar-refractivity contribution in [3.63, 3.8) is 0 Å². The van der Waals surface area contributed by atoms with Crippen LogP contribution in [0, 0.1) is 0 Å². The molecular weight excluding hydrogens is 422 g/mol. The molecule has 0 amide bonds. The first-order chi connectivity index (χ1) is 15.9. The smallest absolute Gasteiger partial charge is 0.356 e. The summed E-state index contributed by atoms with van der Waals surface area (Å²) in [5.41, 5.74) is 7.42. The molecular formula is C25H23N3O5. The van der Waals surface area contributed by atoms with Crippen LogP contribution in [0.15, 0.2) is 60.7 Å². The molecule has 1 atom stereocenters. The van der Waals surface area contributed by atoms with Gasteiger partial charge in [0.05, 0.1) is 37.2 Å². The molecule has 33 heavy (non-hydrogen) atoms. The molecule has 1 unspecified atom stereocenters. The highest BCUT2D eigenvalue weighted by molar-refractivity contribution is 5.98. The molecule has 0 saturated carbocycles. The highest BCUT2D eigenvalue weighted by Gasteiger charge is 2.33. The van der Waals surface area contributed by atoms with Crippen molar-refractivity contribution in [3.05, 3.63) is 71.9 Å². The maximum absolute atomic E-state index is 12.4. The van der Waals surface area contributed by atoms with Crippen LogP contribution in [0.1, 0.15) is 29.0 Å². The molecule has 8 nitrogen and oxygen atoms in total. The topological polar surface area (TPSA) is 117 Å². The van der Waals surface area contributed by atoms with Crippen molar-refractivity contribution in [1.29, 1.82) is 0 Å². The second-order valence-electron chi connectivity index (χ2n) is 7.45. The fourth-order valence-electron chi connectivity index (χ4n) is 3.98. The Morgan fingerprint density at radius 3 is 2.18 bits per heavy atom. The molecule has 4 aromatic rings. The van der Waals surface area contributed by atoms with Gasteiger partial charge < -0.3 is 20.3 Å². The molecule has 1 aromatic heterocycles. The first-order valence-corrected chi connectivity index (χ1v) is 10.2. The van der Waals surface area contributed by atoms with Crippen molar-refractivity contribution in [1.82, 2.24) is 9.78 Å². The normalized spacial score (nSPS) is 11.9. The summed E-state index contributed by atoms with van der Waals surface area (Å²) in [6.07, 6.45) is 0. The molecule has 0 aliphatic carbocycles. The number of methoxy groups -OCH3 is 2. The molecule has 0 aliphatic rings. The number of nitrogens with two attached hydrogens (primary N) is 1. The largest absolute Gasteiger partial charge is 0.496 e. The molecule has 1 heterocycles. The van der Waals surface area contributed by atoms with Gasteiger partial charge in [-0.2, -0.15) is 5.10 Å². The highest BCUT2D eigenvalue weighted by atomic mass is 16.5. The Labute approximate surface area is 190 Å². The van der Waals surface area contributed by atoms with Crippen molar-refractivity contribution < 1.29 is 24.2 Å². The molecule has 3 aromatic carbocycles. The Bertz CT molecular complexity index is 1350. The summed E-state index contributed by atoms with van der Waals surface area (Å²) < 4.78 is 12.7. The van der Waals surface area contributed by atoms with Crippen molar-refractivity contribution in [3.8, 4) is 28.4 Å². The highest BCUT2D eigenvalue weighted by Crippen LogP contribution is 2.44. The van der Waals surface area contributed by atoms with E-state index in [0.29, 0.717) is 28.4 Å². The van der Waals surface area contributed by atoms with Crippen molar-refractivity contribution >= 4 is 22.5 Å². The minimum absolute atomic E-state index is 0.0886. The van der Waals surface area contributed by atoms with Gasteiger partial charge in [0.15, 0.2) is 11.5 Å². The lowest BCUT2D eigenvalue weighted by Crippen LogP contribution is -2.21. The molecule has 4 rings (SSSR count). The van der Waals surface area contributed by atoms with E-state index >= 15 is 0 Å². The van der Waals surface area contributed by atoms with Gasteiger partial charge in [0, 0.05) is 10.9 Å². The van der Waals surface area contributed by atoms with E-state index in [4.69, 9.17) is 15.2 Å². The average Bonchev–Trinajstić information content (AvgIpc) is 3.22. The third-order valence-electron chi connectivity index (χ3n) is 5.53. The number of ketones is 1. The monoisotopic (exact) mass is 445 g/mol. The number of aromatic carboxylic acids is 1. The van der Waals surface area contributed by atoms with Gasteiger partial charge in [0.25, 0.3) is 0 Å². The number of nitrogens with zero attached hydrogens (tertiary/aromatic N) is 2. The second kappa shape index (κ2) is 8.76. The zero-order valence-electron chi connectivity index (χ0n) is 18.4. The fourth-order valence-corrected chi connectivity index (χ4v) is 3.98. The zero-order chi connectivity index (χ0) is 23.7. The molecule has 0 aliphatic heterocycles. The second-order valence-corrected chi connectivity index (χ2v) is 7.45. The molecule has 3 N–H and O–H groups in total. The molecule has 168 valence electrons. The molecule has 0 radical (unpaired) electrons. The number of carbonyl (C=O) groups is 2. The summed E-state index contributed by atoms with van der Waals surface area (Å²) >= 11 is 0. The summed E-state index contributed by atoms with van der Waals surface area (Å²) in [5.74, 6) is -0.852. The van der Waals surface area contributed by atoms with Gasteiger partial charge in [-0.3, -0.25) is 4.79 Å². The Morgan fingerprint density at radius 2 is 1.58 bits per heavy atom. The summed E-state index contributed by atoms with van der Waals surface area (Å²) in [6.45, 7) is 1.31. The number of fused-ring (bicyclic) bond motifs is 1. The van der Waals surface area contributed by atoms with Crippen LogP contribution in [-0.2, 0) is 4.79 Å². The van der Waals surface area contributed by atoms with Crippen LogP contribution in [0.3, 0.4) is 0 Å². The third kappa shape index (κ3) is 3.70. The number of rotatable bonds is 7. The Balaban J connectivity index is 2.22. The van der Waals surface area contributed by atoms with Crippen LogP contribution in [0.25, 0.3) is 27.7 Å². The van der Waals surface area contributed by atoms with E-state index in [1.54, 1.807) is 18.2 Å². The SMILES string of the molecule is COc1cccc(OC)c1-c1c(C(N)C(C)=O)c(C(=O)O)nn1-c1cccc2ccccc12. The van der Waals surface area contributed by atoms with Gasteiger partial charge in [-0.15, -0.1) is 0 Å². The number of carbonyl (C=O) groups excluding carboxylic acids is 1. The maximum Gasteiger partial charge on any atom is 0.356 e. The Kier molecular flexibility index (Phi) is 5.85. The molecule has 0 saturated heterocycles. The summed E-state index contributed by atoms with van der Waals surface area (Å²) in [5, 5.41) is 16.2. The van der Waals surface area contributed by atoms with Crippen LogP contribution in [-0.4, -0.2) is 40.9 Å². The number of ether oxygens (including phenoxy) is 2. The number of Topliss-reactive ketones (excluding diaryl/α,β-unsaturated/α-hetero) is 1. The number of carboxylic acid groups (broad SMARTS) is 1. The van der Waals surface area contributed by atoms with Crippen molar-refractivity contribution in [2.75, 3.05) is 14.2 Å². The van der Waals surface area contributed by atoms with Crippen molar-refractivity contribution in [2.45, 2.75) is 13.0 Å². The number of hydrogen-bond acceptors (Lipinski definition) is 6. The van der Waals surface area contributed by atoms with Gasteiger partial charge in [0.1, 0.15) is 11.5 Å². The van der Waals surface area contributed by atoms with Crippen LogP contribution >= 0.6 is 0 Å². The van der Waals surface area contributed by atoms with Crippen LogP contribution < -0.4 is 15.2 Å².